The zero-order valence-electron chi connectivity index (χ0n) is 27.6. The Bertz CT molecular complexity index is 380. The molecule has 0 aliphatic rings. The Morgan fingerprint density at radius 3 is 0.923 bits per heavy atom. The fraction of sp³-hybridized carbons (Fsp3) is 1.00. The van der Waals surface area contributed by atoms with E-state index < -0.39 is 0 Å². The average Bonchev–Trinajstić information content (AvgIpc) is 2.95. The molecule has 0 saturated heterocycles. The van der Waals surface area contributed by atoms with Crippen LogP contribution in [0.15, 0.2) is 0 Å². The maximum Gasteiger partial charge on any atom is 0.0555 e. The van der Waals surface area contributed by atoms with Crippen molar-refractivity contribution in [3.8, 4) is 0 Å². The Morgan fingerprint density at radius 1 is 0.359 bits per heavy atom. The molecule has 0 bridgehead atoms. The fourth-order valence-electron chi connectivity index (χ4n) is 6.20. The minimum atomic E-state index is 0.266. The highest BCUT2D eigenvalue weighted by molar-refractivity contribution is 4.63. The van der Waals surface area contributed by atoms with Crippen molar-refractivity contribution in [1.82, 2.24) is 5.32 Å². The molecule has 0 unspecified atom stereocenters. The van der Waals surface area contributed by atoms with Crippen LogP contribution in [0.3, 0.4) is 0 Å². The molecule has 0 saturated carbocycles. The second-order valence-corrected chi connectivity index (χ2v) is 12.9. The van der Waals surface area contributed by atoms with Gasteiger partial charge in [0.1, 0.15) is 0 Å². The molecule has 2 nitrogen and oxygen atoms in total. The second-order valence-electron chi connectivity index (χ2n) is 12.9. The summed E-state index contributed by atoms with van der Waals surface area (Å²) in [5.74, 6) is 0.894. The maximum atomic E-state index is 9.06. The molecule has 0 aromatic heterocycles. The highest BCUT2D eigenvalue weighted by Crippen LogP contribution is 2.22. The molecule has 0 radical (unpaired) electrons. The third kappa shape index (κ3) is 34.0. The lowest BCUT2D eigenvalue weighted by Gasteiger charge is -2.17. The smallest absolute Gasteiger partial charge is 0.0555 e. The van der Waals surface area contributed by atoms with Gasteiger partial charge in [0, 0.05) is 6.54 Å². The Balaban J connectivity index is 3.62. The minimum absolute atomic E-state index is 0.266. The van der Waals surface area contributed by atoms with Crippen LogP contribution in [0, 0.1) is 5.92 Å². The van der Waals surface area contributed by atoms with E-state index in [9.17, 15) is 0 Å². The molecule has 0 rings (SSSR count). The lowest BCUT2D eigenvalue weighted by molar-refractivity contribution is 0.287. The van der Waals surface area contributed by atoms with Crippen LogP contribution in [0.25, 0.3) is 0 Å². The normalized spacial score (nSPS) is 11.7. The highest BCUT2D eigenvalue weighted by atomic mass is 16.3. The summed E-state index contributed by atoms with van der Waals surface area (Å²) in [6.07, 6.45) is 44.7. The standard InChI is InChI=1S/C37H77NO/c1-3-5-7-9-11-13-15-17-19-21-23-25-27-29-31-37(33-34-38-35-36-39)32-30-28-26-24-22-20-18-16-14-12-10-8-6-4-2/h37-39H,3-36H2,1-2H3. The Labute approximate surface area is 248 Å². The van der Waals surface area contributed by atoms with Crippen molar-refractivity contribution in [3.63, 3.8) is 0 Å². The summed E-state index contributed by atoms with van der Waals surface area (Å²) in [6.45, 7) is 6.71. The van der Waals surface area contributed by atoms with Crippen molar-refractivity contribution in [1.29, 1.82) is 0 Å². The van der Waals surface area contributed by atoms with Crippen LogP contribution >= 0.6 is 0 Å². The monoisotopic (exact) mass is 552 g/mol. The summed E-state index contributed by atoms with van der Waals surface area (Å²) in [5, 5.41) is 12.5. The van der Waals surface area contributed by atoms with E-state index in [2.05, 4.69) is 19.2 Å². The van der Waals surface area contributed by atoms with E-state index in [-0.39, 0.29) is 6.61 Å². The first kappa shape index (κ1) is 38.9. The molecule has 0 heterocycles. The zero-order valence-corrected chi connectivity index (χ0v) is 27.6. The number of hydrogen-bond donors (Lipinski definition) is 2. The van der Waals surface area contributed by atoms with E-state index in [4.69, 9.17) is 5.11 Å². The van der Waals surface area contributed by atoms with Gasteiger partial charge in [0.15, 0.2) is 0 Å². The van der Waals surface area contributed by atoms with Crippen LogP contribution in [-0.2, 0) is 0 Å². The first-order valence-electron chi connectivity index (χ1n) is 18.7. The van der Waals surface area contributed by atoms with Crippen molar-refractivity contribution in [2.45, 2.75) is 213 Å². The van der Waals surface area contributed by atoms with Gasteiger partial charge >= 0.3 is 0 Å². The Kier molecular flexibility index (Phi) is 35.9. The van der Waals surface area contributed by atoms with Gasteiger partial charge in [0.25, 0.3) is 0 Å². The first-order valence-corrected chi connectivity index (χ1v) is 18.7. The van der Waals surface area contributed by atoms with Crippen LogP contribution < -0.4 is 5.32 Å². The number of unbranched alkanes of at least 4 members (excludes halogenated alkanes) is 26. The van der Waals surface area contributed by atoms with Gasteiger partial charge in [-0.2, -0.15) is 0 Å². The molecule has 2 N–H and O–H groups in total. The third-order valence-corrected chi connectivity index (χ3v) is 8.95. The van der Waals surface area contributed by atoms with Gasteiger partial charge < -0.3 is 10.4 Å². The van der Waals surface area contributed by atoms with E-state index in [0.29, 0.717) is 0 Å². The van der Waals surface area contributed by atoms with Crippen molar-refractivity contribution in [2.24, 2.45) is 5.92 Å². The SMILES string of the molecule is CCCCCCCCCCCCCCCCC(CCCCCCCCCCCCCCCC)CCNCCO. The number of rotatable bonds is 35. The predicted molar refractivity (Wildman–Crippen MR) is 178 cm³/mol. The highest BCUT2D eigenvalue weighted by Gasteiger charge is 2.08. The molecular formula is C37H77NO. The van der Waals surface area contributed by atoms with Gasteiger partial charge in [-0.25, -0.2) is 0 Å². The van der Waals surface area contributed by atoms with E-state index in [1.165, 1.54) is 199 Å². The molecular weight excluding hydrogens is 474 g/mol. The summed E-state index contributed by atoms with van der Waals surface area (Å²) < 4.78 is 0. The molecule has 0 aliphatic heterocycles. The van der Waals surface area contributed by atoms with Gasteiger partial charge in [-0.1, -0.05) is 206 Å². The van der Waals surface area contributed by atoms with E-state index in [1.54, 1.807) is 0 Å². The Hall–Kier alpha value is -0.0800. The molecule has 0 fully saturated rings. The van der Waals surface area contributed by atoms with Crippen LogP contribution in [-0.4, -0.2) is 24.8 Å². The van der Waals surface area contributed by atoms with Crippen molar-refractivity contribution >= 4 is 0 Å². The number of nitrogens with one attached hydrogen (secondary N) is 1. The molecule has 39 heavy (non-hydrogen) atoms. The largest absolute Gasteiger partial charge is 0.395 e. The minimum Gasteiger partial charge on any atom is -0.395 e. The van der Waals surface area contributed by atoms with E-state index >= 15 is 0 Å². The quantitative estimate of drug-likeness (QED) is 0.0767. The molecule has 0 aromatic carbocycles. The lowest BCUT2D eigenvalue weighted by Crippen LogP contribution is -2.21. The maximum absolute atomic E-state index is 9.06. The number of aliphatic hydroxyl groups excluding tert-OH is 1. The lowest BCUT2D eigenvalue weighted by atomic mass is 9.91. The molecule has 2 heteroatoms. The topological polar surface area (TPSA) is 32.3 Å². The fourth-order valence-corrected chi connectivity index (χ4v) is 6.20. The molecule has 0 spiro atoms. The van der Waals surface area contributed by atoms with Gasteiger partial charge in [-0.15, -0.1) is 0 Å². The molecule has 0 aliphatic carbocycles. The van der Waals surface area contributed by atoms with E-state index in [1.807, 2.05) is 0 Å². The third-order valence-electron chi connectivity index (χ3n) is 8.95. The Morgan fingerprint density at radius 2 is 0.641 bits per heavy atom. The van der Waals surface area contributed by atoms with Crippen LogP contribution in [0.5, 0.6) is 0 Å². The molecule has 236 valence electrons. The van der Waals surface area contributed by atoms with Crippen LogP contribution in [0.1, 0.15) is 213 Å². The van der Waals surface area contributed by atoms with Crippen LogP contribution in [0.2, 0.25) is 0 Å². The van der Waals surface area contributed by atoms with E-state index in [0.717, 1.165) is 19.0 Å². The predicted octanol–water partition coefficient (Wildman–Crippen LogP) is 12.3. The van der Waals surface area contributed by atoms with Gasteiger partial charge in [-0.3, -0.25) is 0 Å². The summed E-state index contributed by atoms with van der Waals surface area (Å²) >= 11 is 0. The number of aliphatic hydroxyl groups is 1. The van der Waals surface area contributed by atoms with Crippen molar-refractivity contribution in [2.75, 3.05) is 19.7 Å². The summed E-state index contributed by atoms with van der Waals surface area (Å²) in [7, 11) is 0. The van der Waals surface area contributed by atoms with Crippen molar-refractivity contribution in [3.05, 3.63) is 0 Å². The zero-order chi connectivity index (χ0) is 28.3. The second kappa shape index (κ2) is 35.9. The summed E-state index contributed by atoms with van der Waals surface area (Å²) in [6, 6.07) is 0. The van der Waals surface area contributed by atoms with Gasteiger partial charge in [-0.05, 0) is 18.9 Å². The molecule has 0 aromatic rings. The van der Waals surface area contributed by atoms with Gasteiger partial charge in [0.2, 0.25) is 0 Å². The molecule has 0 atom stereocenters. The number of hydrogen-bond acceptors (Lipinski definition) is 2. The average molecular weight is 552 g/mol. The first-order chi connectivity index (χ1) is 19.3. The van der Waals surface area contributed by atoms with Crippen molar-refractivity contribution < 1.29 is 5.11 Å². The summed E-state index contributed by atoms with van der Waals surface area (Å²) in [5.41, 5.74) is 0. The molecule has 0 amide bonds. The van der Waals surface area contributed by atoms with Crippen LogP contribution in [0.4, 0.5) is 0 Å². The van der Waals surface area contributed by atoms with Gasteiger partial charge in [0.05, 0.1) is 6.61 Å². The summed E-state index contributed by atoms with van der Waals surface area (Å²) in [4.78, 5) is 0.